The van der Waals surface area contributed by atoms with E-state index in [9.17, 15) is 4.79 Å². The second kappa shape index (κ2) is 3.44. The monoisotopic (exact) mass is 215 g/mol. The number of oxazole rings is 1. The number of benzene rings is 1. The number of nitrogens with zero attached hydrogens (tertiary/aromatic N) is 1. The molecule has 0 N–H and O–H groups in total. The van der Waals surface area contributed by atoms with Gasteiger partial charge in [0.2, 0.25) is 0 Å². The van der Waals surface area contributed by atoms with E-state index in [-0.39, 0.29) is 5.78 Å². The molecule has 0 bridgehead atoms. The van der Waals surface area contributed by atoms with Crippen LogP contribution in [-0.2, 0) is 0 Å². The largest absolute Gasteiger partial charge is 0.440 e. The zero-order chi connectivity index (χ0) is 11.1. The Morgan fingerprint density at radius 1 is 1.44 bits per heavy atom. The molecule has 1 fully saturated rings. The maximum absolute atomic E-state index is 11.2. The minimum Gasteiger partial charge on any atom is -0.440 e. The van der Waals surface area contributed by atoms with Crippen molar-refractivity contribution in [2.24, 2.45) is 0 Å². The minimum atomic E-state index is 0.0649. The van der Waals surface area contributed by atoms with Crippen LogP contribution in [0.4, 0.5) is 0 Å². The van der Waals surface area contributed by atoms with Gasteiger partial charge in [-0.25, -0.2) is 4.98 Å². The van der Waals surface area contributed by atoms with Gasteiger partial charge in [-0.3, -0.25) is 4.79 Å². The Kier molecular flexibility index (Phi) is 2.06. The van der Waals surface area contributed by atoms with E-state index < -0.39 is 0 Å². The van der Waals surface area contributed by atoms with Crippen molar-refractivity contribution >= 4 is 16.9 Å². The summed E-state index contributed by atoms with van der Waals surface area (Å²) in [5.74, 6) is 1.39. The number of aromatic nitrogens is 1. The second-order valence-corrected chi connectivity index (χ2v) is 4.42. The fourth-order valence-electron chi connectivity index (χ4n) is 1.99. The van der Waals surface area contributed by atoms with Crippen LogP contribution >= 0.6 is 0 Å². The van der Waals surface area contributed by atoms with E-state index in [1.165, 1.54) is 19.3 Å². The molecule has 0 amide bonds. The van der Waals surface area contributed by atoms with E-state index in [0.29, 0.717) is 11.5 Å². The summed E-state index contributed by atoms with van der Waals surface area (Å²) < 4.78 is 5.68. The van der Waals surface area contributed by atoms with Gasteiger partial charge in [-0.05, 0) is 38.0 Å². The van der Waals surface area contributed by atoms with Crippen molar-refractivity contribution in [3.8, 4) is 0 Å². The smallest absolute Gasteiger partial charge is 0.198 e. The summed E-state index contributed by atoms with van der Waals surface area (Å²) >= 11 is 0. The van der Waals surface area contributed by atoms with Crippen molar-refractivity contribution in [2.75, 3.05) is 0 Å². The molecular weight excluding hydrogens is 202 g/mol. The van der Waals surface area contributed by atoms with Gasteiger partial charge < -0.3 is 4.42 Å². The standard InChI is InChI=1S/C13H13NO2/c1-8(15)10-5-6-12-11(7-10)14-13(16-12)9-3-2-4-9/h5-7,9H,2-4H2,1H3. The van der Waals surface area contributed by atoms with Crippen molar-refractivity contribution in [1.29, 1.82) is 0 Å². The fraction of sp³-hybridized carbons (Fsp3) is 0.385. The Labute approximate surface area is 93.5 Å². The Morgan fingerprint density at radius 2 is 2.25 bits per heavy atom. The zero-order valence-electron chi connectivity index (χ0n) is 9.19. The number of hydrogen-bond acceptors (Lipinski definition) is 3. The van der Waals surface area contributed by atoms with Gasteiger partial charge in [0, 0.05) is 11.5 Å². The van der Waals surface area contributed by atoms with Gasteiger partial charge in [-0.15, -0.1) is 0 Å². The van der Waals surface area contributed by atoms with Crippen LogP contribution in [0.15, 0.2) is 22.6 Å². The van der Waals surface area contributed by atoms with Crippen LogP contribution < -0.4 is 0 Å². The highest BCUT2D eigenvalue weighted by atomic mass is 16.3. The summed E-state index contributed by atoms with van der Waals surface area (Å²) in [5.41, 5.74) is 2.28. The number of carbonyl (C=O) groups excluding carboxylic acids is 1. The molecule has 0 radical (unpaired) electrons. The molecule has 0 aliphatic heterocycles. The molecule has 0 saturated heterocycles. The fourth-order valence-corrected chi connectivity index (χ4v) is 1.99. The van der Waals surface area contributed by atoms with E-state index in [4.69, 9.17) is 4.42 Å². The Bertz CT molecular complexity index is 552. The van der Waals surface area contributed by atoms with Crippen molar-refractivity contribution < 1.29 is 9.21 Å². The summed E-state index contributed by atoms with van der Waals surface area (Å²) in [6.07, 6.45) is 3.61. The van der Waals surface area contributed by atoms with Gasteiger partial charge in [0.15, 0.2) is 17.3 Å². The third-order valence-corrected chi connectivity index (χ3v) is 3.27. The number of carbonyl (C=O) groups is 1. The van der Waals surface area contributed by atoms with Crippen LogP contribution in [0.2, 0.25) is 0 Å². The molecule has 82 valence electrons. The highest BCUT2D eigenvalue weighted by Gasteiger charge is 2.24. The number of hydrogen-bond donors (Lipinski definition) is 0. The molecule has 3 rings (SSSR count). The van der Waals surface area contributed by atoms with Crippen molar-refractivity contribution in [3.05, 3.63) is 29.7 Å². The van der Waals surface area contributed by atoms with E-state index in [1.54, 1.807) is 13.0 Å². The van der Waals surface area contributed by atoms with E-state index >= 15 is 0 Å². The molecule has 0 atom stereocenters. The predicted octanol–water partition coefficient (Wildman–Crippen LogP) is 3.30. The molecule has 3 heteroatoms. The molecule has 0 spiro atoms. The molecule has 3 nitrogen and oxygen atoms in total. The van der Waals surface area contributed by atoms with Crippen LogP contribution in [0.25, 0.3) is 11.1 Å². The SMILES string of the molecule is CC(=O)c1ccc2oc(C3CCC3)nc2c1. The third-order valence-electron chi connectivity index (χ3n) is 3.27. The van der Waals surface area contributed by atoms with Crippen molar-refractivity contribution in [1.82, 2.24) is 4.98 Å². The van der Waals surface area contributed by atoms with Gasteiger partial charge in [0.1, 0.15) is 5.52 Å². The Balaban J connectivity index is 2.06. The molecule has 16 heavy (non-hydrogen) atoms. The highest BCUT2D eigenvalue weighted by Crippen LogP contribution is 2.37. The Hall–Kier alpha value is -1.64. The number of ketones is 1. The summed E-state index contributed by atoms with van der Waals surface area (Å²) in [4.78, 5) is 15.7. The van der Waals surface area contributed by atoms with Crippen molar-refractivity contribution in [3.63, 3.8) is 0 Å². The first kappa shape index (κ1) is 9.58. The summed E-state index contributed by atoms with van der Waals surface area (Å²) in [7, 11) is 0. The summed E-state index contributed by atoms with van der Waals surface area (Å²) in [6, 6.07) is 5.44. The van der Waals surface area contributed by atoms with Gasteiger partial charge >= 0.3 is 0 Å². The van der Waals surface area contributed by atoms with Crippen LogP contribution in [0.3, 0.4) is 0 Å². The summed E-state index contributed by atoms with van der Waals surface area (Å²) in [6.45, 7) is 1.56. The molecule has 1 heterocycles. The van der Waals surface area contributed by atoms with Crippen LogP contribution in [0, 0.1) is 0 Å². The van der Waals surface area contributed by atoms with E-state index in [0.717, 1.165) is 17.0 Å². The van der Waals surface area contributed by atoms with E-state index in [2.05, 4.69) is 4.98 Å². The van der Waals surface area contributed by atoms with Gasteiger partial charge in [0.05, 0.1) is 0 Å². The van der Waals surface area contributed by atoms with Crippen LogP contribution in [-0.4, -0.2) is 10.8 Å². The first-order valence-electron chi connectivity index (χ1n) is 5.65. The molecule has 1 saturated carbocycles. The lowest BCUT2D eigenvalue weighted by molar-refractivity contribution is 0.101. The first-order valence-corrected chi connectivity index (χ1v) is 5.65. The topological polar surface area (TPSA) is 43.1 Å². The number of fused-ring (bicyclic) bond motifs is 1. The molecule has 1 aliphatic carbocycles. The number of rotatable bonds is 2. The third kappa shape index (κ3) is 1.43. The summed E-state index contributed by atoms with van der Waals surface area (Å²) in [5, 5.41) is 0. The van der Waals surface area contributed by atoms with Gasteiger partial charge in [0.25, 0.3) is 0 Å². The van der Waals surface area contributed by atoms with E-state index in [1.807, 2.05) is 12.1 Å². The molecule has 1 aromatic heterocycles. The lowest BCUT2D eigenvalue weighted by atomic mass is 9.85. The highest BCUT2D eigenvalue weighted by molar-refractivity contribution is 5.96. The van der Waals surface area contributed by atoms with Crippen molar-refractivity contribution in [2.45, 2.75) is 32.1 Å². The van der Waals surface area contributed by atoms with Gasteiger partial charge in [-0.2, -0.15) is 0 Å². The zero-order valence-corrected chi connectivity index (χ0v) is 9.19. The molecule has 1 aliphatic rings. The lowest BCUT2D eigenvalue weighted by Gasteiger charge is -2.21. The normalized spacial score (nSPS) is 16.3. The molecular formula is C13H13NO2. The molecule has 0 unspecified atom stereocenters. The average molecular weight is 215 g/mol. The number of Topliss-reactive ketones (excluding diaryl/α,β-unsaturated/α-hetero) is 1. The Morgan fingerprint density at radius 3 is 2.88 bits per heavy atom. The first-order chi connectivity index (χ1) is 7.74. The quantitative estimate of drug-likeness (QED) is 0.722. The second-order valence-electron chi connectivity index (χ2n) is 4.42. The maximum atomic E-state index is 11.2. The van der Waals surface area contributed by atoms with Crippen LogP contribution in [0.5, 0.6) is 0 Å². The van der Waals surface area contributed by atoms with Crippen LogP contribution in [0.1, 0.15) is 48.4 Å². The maximum Gasteiger partial charge on any atom is 0.198 e. The average Bonchev–Trinajstić information content (AvgIpc) is 2.56. The molecule has 2 aromatic rings. The molecule has 1 aromatic carbocycles. The lowest BCUT2D eigenvalue weighted by Crippen LogP contribution is -2.08. The van der Waals surface area contributed by atoms with Gasteiger partial charge in [-0.1, -0.05) is 6.42 Å². The minimum absolute atomic E-state index is 0.0649. The predicted molar refractivity (Wildman–Crippen MR) is 60.6 cm³/mol.